The Balaban J connectivity index is 2.32. The smallest absolute Gasteiger partial charge is 0.0923 e. The Labute approximate surface area is 89.0 Å². The topological polar surface area (TPSA) is 54.8 Å². The van der Waals surface area contributed by atoms with Crippen LogP contribution in [0.25, 0.3) is 10.9 Å². The standard InChI is InChI=1S/C12H15N3/c1-9-2-3-11-10(8-9)4-6-15(11)7-5-12(13)14/h2-4,6,8H,5,7H2,1H3,(H3,13,14). The molecule has 0 spiro atoms. The monoisotopic (exact) mass is 201 g/mol. The van der Waals surface area contributed by atoms with Gasteiger partial charge in [0.25, 0.3) is 0 Å². The highest BCUT2D eigenvalue weighted by Crippen LogP contribution is 2.17. The van der Waals surface area contributed by atoms with Gasteiger partial charge in [-0.15, -0.1) is 0 Å². The van der Waals surface area contributed by atoms with Gasteiger partial charge in [-0.1, -0.05) is 11.6 Å². The molecular formula is C12H15N3. The first kappa shape index (κ1) is 9.77. The lowest BCUT2D eigenvalue weighted by Gasteiger charge is -2.04. The van der Waals surface area contributed by atoms with Gasteiger partial charge in [0.05, 0.1) is 5.84 Å². The van der Waals surface area contributed by atoms with Gasteiger partial charge in [0.2, 0.25) is 0 Å². The molecule has 0 aliphatic heterocycles. The zero-order valence-corrected chi connectivity index (χ0v) is 8.83. The van der Waals surface area contributed by atoms with Gasteiger partial charge in [0.1, 0.15) is 0 Å². The van der Waals surface area contributed by atoms with Gasteiger partial charge < -0.3 is 10.3 Å². The molecule has 3 N–H and O–H groups in total. The number of nitrogens with one attached hydrogen (secondary N) is 1. The van der Waals surface area contributed by atoms with Crippen molar-refractivity contribution >= 4 is 16.7 Å². The number of nitrogens with zero attached hydrogens (tertiary/aromatic N) is 1. The van der Waals surface area contributed by atoms with Gasteiger partial charge >= 0.3 is 0 Å². The maximum absolute atomic E-state index is 7.20. The summed E-state index contributed by atoms with van der Waals surface area (Å²) in [6, 6.07) is 8.49. The fraction of sp³-hybridized carbons (Fsp3) is 0.250. The third-order valence-corrected chi connectivity index (χ3v) is 2.55. The molecule has 3 nitrogen and oxygen atoms in total. The molecule has 1 heterocycles. The number of rotatable bonds is 3. The number of aryl methyl sites for hydroxylation is 2. The molecule has 0 aliphatic rings. The number of benzene rings is 1. The first-order chi connectivity index (χ1) is 7.16. The first-order valence-electron chi connectivity index (χ1n) is 5.05. The molecule has 1 aromatic heterocycles. The van der Waals surface area contributed by atoms with Crippen LogP contribution >= 0.6 is 0 Å². The van der Waals surface area contributed by atoms with Crippen molar-refractivity contribution in [3.05, 3.63) is 36.0 Å². The summed E-state index contributed by atoms with van der Waals surface area (Å²) in [6.45, 7) is 2.87. The molecule has 0 amide bonds. The second kappa shape index (κ2) is 3.77. The van der Waals surface area contributed by atoms with Crippen LogP contribution in [0, 0.1) is 12.3 Å². The molecule has 0 aliphatic carbocycles. The Hall–Kier alpha value is -1.77. The van der Waals surface area contributed by atoms with E-state index in [1.165, 1.54) is 16.5 Å². The molecule has 3 heteroatoms. The third-order valence-electron chi connectivity index (χ3n) is 2.55. The lowest BCUT2D eigenvalue weighted by Crippen LogP contribution is -2.12. The zero-order chi connectivity index (χ0) is 10.8. The fourth-order valence-corrected chi connectivity index (χ4v) is 1.76. The minimum Gasteiger partial charge on any atom is -0.388 e. The summed E-state index contributed by atoms with van der Waals surface area (Å²) < 4.78 is 2.14. The van der Waals surface area contributed by atoms with E-state index in [2.05, 4.69) is 35.8 Å². The van der Waals surface area contributed by atoms with Crippen LogP contribution in [0.15, 0.2) is 30.5 Å². The molecule has 0 bridgehead atoms. The van der Waals surface area contributed by atoms with Crippen molar-refractivity contribution in [1.82, 2.24) is 4.57 Å². The number of hydrogen-bond acceptors (Lipinski definition) is 1. The van der Waals surface area contributed by atoms with Crippen LogP contribution in [0.1, 0.15) is 12.0 Å². The minimum absolute atomic E-state index is 0.240. The lowest BCUT2D eigenvalue weighted by molar-refractivity contribution is 0.750. The van der Waals surface area contributed by atoms with Crippen molar-refractivity contribution in [2.75, 3.05) is 0 Å². The molecule has 0 radical (unpaired) electrons. The van der Waals surface area contributed by atoms with Crippen LogP contribution in [0.3, 0.4) is 0 Å². The average molecular weight is 201 g/mol. The van der Waals surface area contributed by atoms with Gasteiger partial charge in [-0.05, 0) is 30.5 Å². The molecule has 78 valence electrons. The molecule has 0 atom stereocenters. The van der Waals surface area contributed by atoms with Gasteiger partial charge in [0.15, 0.2) is 0 Å². The van der Waals surface area contributed by atoms with Gasteiger partial charge in [-0.2, -0.15) is 0 Å². The minimum atomic E-state index is 0.240. The summed E-state index contributed by atoms with van der Waals surface area (Å²) in [5, 5.41) is 8.45. The second-order valence-electron chi connectivity index (χ2n) is 3.85. The van der Waals surface area contributed by atoms with Crippen molar-refractivity contribution in [1.29, 1.82) is 5.41 Å². The second-order valence-corrected chi connectivity index (χ2v) is 3.85. The van der Waals surface area contributed by atoms with Gasteiger partial charge in [-0.25, -0.2) is 0 Å². The zero-order valence-electron chi connectivity index (χ0n) is 8.83. The van der Waals surface area contributed by atoms with Crippen molar-refractivity contribution in [2.24, 2.45) is 5.73 Å². The largest absolute Gasteiger partial charge is 0.388 e. The Morgan fingerprint density at radius 3 is 2.93 bits per heavy atom. The fourth-order valence-electron chi connectivity index (χ4n) is 1.76. The van der Waals surface area contributed by atoms with Crippen LogP contribution in [0.5, 0.6) is 0 Å². The lowest BCUT2D eigenvalue weighted by atomic mass is 10.2. The molecule has 2 aromatic rings. The maximum Gasteiger partial charge on any atom is 0.0923 e. The molecule has 0 fully saturated rings. The number of nitrogens with two attached hydrogens (primary N) is 1. The Kier molecular flexibility index (Phi) is 2.46. The van der Waals surface area contributed by atoms with Crippen molar-refractivity contribution in [3.63, 3.8) is 0 Å². The van der Waals surface area contributed by atoms with Crippen molar-refractivity contribution < 1.29 is 0 Å². The Bertz CT molecular complexity index is 497. The summed E-state index contributed by atoms with van der Waals surface area (Å²) >= 11 is 0. The van der Waals surface area contributed by atoms with E-state index in [1.54, 1.807) is 0 Å². The summed E-state index contributed by atoms with van der Waals surface area (Å²) in [5.41, 5.74) is 7.83. The van der Waals surface area contributed by atoms with E-state index in [9.17, 15) is 0 Å². The molecule has 1 aromatic carbocycles. The maximum atomic E-state index is 7.20. The highest BCUT2D eigenvalue weighted by Gasteiger charge is 2.00. The van der Waals surface area contributed by atoms with Crippen LogP contribution in [-0.2, 0) is 6.54 Å². The highest BCUT2D eigenvalue weighted by atomic mass is 15.0. The number of aromatic nitrogens is 1. The molecule has 0 saturated carbocycles. The van der Waals surface area contributed by atoms with Crippen molar-refractivity contribution in [2.45, 2.75) is 19.9 Å². The summed E-state index contributed by atoms with van der Waals surface area (Å²) in [7, 11) is 0. The third kappa shape index (κ3) is 2.01. The van der Waals surface area contributed by atoms with E-state index in [-0.39, 0.29) is 5.84 Å². The summed E-state index contributed by atoms with van der Waals surface area (Å²) in [4.78, 5) is 0. The van der Waals surface area contributed by atoms with E-state index in [4.69, 9.17) is 11.1 Å². The van der Waals surface area contributed by atoms with Gasteiger partial charge in [0, 0.05) is 24.7 Å². The predicted octanol–water partition coefficient (Wildman–Crippen LogP) is 2.28. The van der Waals surface area contributed by atoms with Crippen LogP contribution in [0.4, 0.5) is 0 Å². The van der Waals surface area contributed by atoms with Crippen LogP contribution in [0.2, 0.25) is 0 Å². The summed E-state index contributed by atoms with van der Waals surface area (Å²) in [6.07, 6.45) is 2.66. The predicted molar refractivity (Wildman–Crippen MR) is 63.2 cm³/mol. The van der Waals surface area contributed by atoms with E-state index >= 15 is 0 Å². The van der Waals surface area contributed by atoms with E-state index in [0.29, 0.717) is 6.42 Å². The average Bonchev–Trinajstić information content (AvgIpc) is 2.57. The highest BCUT2D eigenvalue weighted by molar-refractivity contribution is 5.81. The molecule has 0 unspecified atom stereocenters. The van der Waals surface area contributed by atoms with Gasteiger partial charge in [-0.3, -0.25) is 5.41 Å². The van der Waals surface area contributed by atoms with E-state index in [0.717, 1.165) is 6.54 Å². The van der Waals surface area contributed by atoms with Crippen molar-refractivity contribution in [3.8, 4) is 0 Å². The Morgan fingerprint density at radius 2 is 2.20 bits per heavy atom. The molecule has 2 rings (SSSR count). The normalized spacial score (nSPS) is 10.7. The number of hydrogen-bond donors (Lipinski definition) is 2. The SMILES string of the molecule is Cc1ccc2c(ccn2CCC(=N)N)c1. The first-order valence-corrected chi connectivity index (χ1v) is 5.05. The summed E-state index contributed by atoms with van der Waals surface area (Å²) in [5.74, 6) is 0.240. The van der Waals surface area contributed by atoms with E-state index in [1.807, 2.05) is 6.20 Å². The van der Waals surface area contributed by atoms with Crippen LogP contribution < -0.4 is 5.73 Å². The number of amidine groups is 1. The molecule has 0 saturated heterocycles. The van der Waals surface area contributed by atoms with Crippen LogP contribution in [-0.4, -0.2) is 10.4 Å². The Morgan fingerprint density at radius 1 is 1.40 bits per heavy atom. The quantitative estimate of drug-likeness (QED) is 0.581. The molecule has 15 heavy (non-hydrogen) atoms. The van der Waals surface area contributed by atoms with E-state index < -0.39 is 0 Å². The molecular weight excluding hydrogens is 186 g/mol. The number of fused-ring (bicyclic) bond motifs is 1.